The number of carbonyl (C=O) groups excluding carboxylic acids is 3. The molecule has 0 heterocycles. The Balaban J connectivity index is 1.61. The van der Waals surface area contributed by atoms with Gasteiger partial charge in [0.05, 0.1) is 16.9 Å². The topological polar surface area (TPSA) is 125 Å². The maximum Gasteiger partial charge on any atom is 0.338 e. The Hall–Kier alpha value is -3.75. The minimum Gasteiger partial charge on any atom is -0.462 e. The maximum absolute atomic E-state index is 11.9. The van der Waals surface area contributed by atoms with Crippen LogP contribution in [0.4, 0.5) is 5.69 Å². The summed E-state index contributed by atoms with van der Waals surface area (Å²) in [6.07, 6.45) is -0.0641. The van der Waals surface area contributed by atoms with E-state index < -0.39 is 22.8 Å². The molecule has 9 nitrogen and oxygen atoms in total. The largest absolute Gasteiger partial charge is 0.462 e. The predicted molar refractivity (Wildman–Crippen MR) is 97.7 cm³/mol. The highest BCUT2D eigenvalue weighted by atomic mass is 16.6. The Morgan fingerprint density at radius 2 is 1.54 bits per heavy atom. The Morgan fingerprint density at radius 1 is 0.893 bits per heavy atom. The molecule has 2 rings (SSSR count). The molecule has 0 spiro atoms. The predicted octanol–water partition coefficient (Wildman–Crippen LogP) is 2.11. The van der Waals surface area contributed by atoms with Gasteiger partial charge in [-0.25, -0.2) is 4.79 Å². The number of hydrogen-bond donors (Lipinski definition) is 1. The average molecular weight is 386 g/mol. The van der Waals surface area contributed by atoms with Gasteiger partial charge in [0.15, 0.2) is 0 Å². The van der Waals surface area contributed by atoms with Crippen molar-refractivity contribution in [1.82, 2.24) is 5.32 Å². The summed E-state index contributed by atoms with van der Waals surface area (Å²) < 4.78 is 9.89. The lowest BCUT2D eigenvalue weighted by molar-refractivity contribution is -0.384. The molecule has 2 aromatic rings. The summed E-state index contributed by atoms with van der Waals surface area (Å²) in [6, 6.07) is 13.5. The van der Waals surface area contributed by atoms with E-state index in [1.54, 1.807) is 30.3 Å². The van der Waals surface area contributed by atoms with Crippen molar-refractivity contribution >= 4 is 23.5 Å². The van der Waals surface area contributed by atoms with E-state index in [0.29, 0.717) is 5.56 Å². The van der Waals surface area contributed by atoms with Crippen LogP contribution in [0.25, 0.3) is 0 Å². The lowest BCUT2D eigenvalue weighted by atomic mass is 10.2. The number of hydrogen-bond acceptors (Lipinski definition) is 7. The Kier molecular flexibility index (Phi) is 7.64. The molecule has 1 amide bonds. The summed E-state index contributed by atoms with van der Waals surface area (Å²) in [7, 11) is 0. The first-order valence-corrected chi connectivity index (χ1v) is 8.38. The molecule has 2 aromatic carbocycles. The summed E-state index contributed by atoms with van der Waals surface area (Å²) in [5.74, 6) is -1.52. The van der Waals surface area contributed by atoms with Gasteiger partial charge in [-0.05, 0) is 24.3 Å². The third kappa shape index (κ3) is 6.52. The Bertz CT molecular complexity index is 835. The van der Waals surface area contributed by atoms with Gasteiger partial charge in [-0.1, -0.05) is 18.2 Å². The number of esters is 2. The smallest absolute Gasteiger partial charge is 0.338 e. The van der Waals surface area contributed by atoms with E-state index in [-0.39, 0.29) is 37.4 Å². The number of amides is 1. The minimum absolute atomic E-state index is 0.0401. The van der Waals surface area contributed by atoms with Crippen LogP contribution >= 0.6 is 0 Å². The van der Waals surface area contributed by atoms with Gasteiger partial charge in [0.25, 0.3) is 11.6 Å². The van der Waals surface area contributed by atoms with E-state index in [0.717, 1.165) is 0 Å². The van der Waals surface area contributed by atoms with E-state index >= 15 is 0 Å². The number of nitrogens with zero attached hydrogens (tertiary/aromatic N) is 1. The number of carbonyl (C=O) groups is 3. The van der Waals surface area contributed by atoms with Gasteiger partial charge in [-0.15, -0.1) is 0 Å². The second-order valence-electron chi connectivity index (χ2n) is 5.53. The average Bonchev–Trinajstić information content (AvgIpc) is 2.71. The lowest BCUT2D eigenvalue weighted by Gasteiger charge is -2.07. The van der Waals surface area contributed by atoms with Crippen molar-refractivity contribution in [3.8, 4) is 0 Å². The van der Waals surface area contributed by atoms with Crippen LogP contribution in [0, 0.1) is 10.1 Å². The SMILES string of the molecule is O=C(CCNC(=O)c1ccc([N+](=O)[O-])cc1)OCCOC(=O)c1ccccc1. The van der Waals surface area contributed by atoms with E-state index in [9.17, 15) is 24.5 Å². The second kappa shape index (κ2) is 10.4. The summed E-state index contributed by atoms with van der Waals surface area (Å²) in [6.45, 7) is -0.124. The van der Waals surface area contributed by atoms with Crippen LogP contribution in [0.2, 0.25) is 0 Å². The first kappa shape index (κ1) is 20.6. The van der Waals surface area contributed by atoms with Crippen molar-refractivity contribution in [1.29, 1.82) is 0 Å². The summed E-state index contributed by atoms with van der Waals surface area (Å²) in [5.41, 5.74) is 0.530. The highest BCUT2D eigenvalue weighted by Crippen LogP contribution is 2.11. The van der Waals surface area contributed by atoms with Crippen LogP contribution in [-0.4, -0.2) is 42.5 Å². The van der Waals surface area contributed by atoms with E-state index in [1.165, 1.54) is 24.3 Å². The van der Waals surface area contributed by atoms with Crippen LogP contribution in [-0.2, 0) is 14.3 Å². The van der Waals surface area contributed by atoms with E-state index in [4.69, 9.17) is 9.47 Å². The monoisotopic (exact) mass is 386 g/mol. The van der Waals surface area contributed by atoms with Gasteiger partial charge in [0, 0.05) is 24.2 Å². The molecule has 0 atom stereocenters. The summed E-state index contributed by atoms with van der Waals surface area (Å²) in [4.78, 5) is 45.2. The van der Waals surface area contributed by atoms with Crippen molar-refractivity contribution < 1.29 is 28.8 Å². The van der Waals surface area contributed by atoms with Crippen molar-refractivity contribution in [3.63, 3.8) is 0 Å². The van der Waals surface area contributed by atoms with Crippen LogP contribution in [0.1, 0.15) is 27.1 Å². The van der Waals surface area contributed by atoms with Crippen LogP contribution in [0.5, 0.6) is 0 Å². The number of non-ortho nitro benzene ring substituents is 1. The maximum atomic E-state index is 11.9. The third-order valence-electron chi connectivity index (χ3n) is 3.54. The molecule has 0 aromatic heterocycles. The number of nitro benzene ring substituents is 1. The zero-order valence-electron chi connectivity index (χ0n) is 14.8. The van der Waals surface area contributed by atoms with Gasteiger partial charge in [0.1, 0.15) is 13.2 Å². The van der Waals surface area contributed by atoms with E-state index in [1.807, 2.05) is 0 Å². The molecule has 146 valence electrons. The molecule has 9 heteroatoms. The summed E-state index contributed by atoms with van der Waals surface area (Å²) >= 11 is 0. The second-order valence-corrected chi connectivity index (χ2v) is 5.53. The molecule has 28 heavy (non-hydrogen) atoms. The number of nitro groups is 1. The van der Waals surface area contributed by atoms with Crippen LogP contribution in [0.15, 0.2) is 54.6 Å². The fourth-order valence-electron chi connectivity index (χ4n) is 2.13. The fourth-order valence-corrected chi connectivity index (χ4v) is 2.13. The highest BCUT2D eigenvalue weighted by molar-refractivity contribution is 5.94. The van der Waals surface area contributed by atoms with Crippen molar-refractivity contribution in [2.24, 2.45) is 0 Å². The molecule has 0 fully saturated rings. The van der Waals surface area contributed by atoms with Crippen LogP contribution in [0.3, 0.4) is 0 Å². The molecule has 0 aliphatic rings. The molecule has 0 radical (unpaired) electrons. The number of ether oxygens (including phenoxy) is 2. The van der Waals surface area contributed by atoms with Gasteiger partial charge in [-0.2, -0.15) is 0 Å². The zero-order valence-corrected chi connectivity index (χ0v) is 14.8. The summed E-state index contributed by atoms with van der Waals surface area (Å²) in [5, 5.41) is 13.1. The Morgan fingerprint density at radius 3 is 2.18 bits per heavy atom. The molecule has 0 saturated heterocycles. The molecule has 1 N–H and O–H groups in total. The molecule has 0 aliphatic carbocycles. The van der Waals surface area contributed by atoms with Gasteiger partial charge < -0.3 is 14.8 Å². The Labute approximate surface area is 160 Å². The van der Waals surface area contributed by atoms with Crippen molar-refractivity contribution in [2.45, 2.75) is 6.42 Å². The number of benzene rings is 2. The molecule has 0 unspecified atom stereocenters. The highest BCUT2D eigenvalue weighted by Gasteiger charge is 2.11. The minimum atomic E-state index is -0.561. The first-order chi connectivity index (χ1) is 13.5. The van der Waals surface area contributed by atoms with Crippen molar-refractivity contribution in [3.05, 3.63) is 75.8 Å². The fraction of sp³-hybridized carbons (Fsp3) is 0.211. The molecular weight excluding hydrogens is 368 g/mol. The van der Waals surface area contributed by atoms with E-state index in [2.05, 4.69) is 5.32 Å². The zero-order chi connectivity index (χ0) is 20.4. The number of rotatable bonds is 9. The normalized spacial score (nSPS) is 10.0. The van der Waals surface area contributed by atoms with Gasteiger partial charge in [0.2, 0.25) is 0 Å². The molecule has 0 saturated carbocycles. The first-order valence-electron chi connectivity index (χ1n) is 8.38. The molecule has 0 bridgehead atoms. The third-order valence-corrected chi connectivity index (χ3v) is 3.54. The quantitative estimate of drug-likeness (QED) is 0.303. The lowest BCUT2D eigenvalue weighted by Crippen LogP contribution is -2.26. The standard InChI is InChI=1S/C19H18N2O7/c22-17(27-12-13-28-19(24)15-4-2-1-3-5-15)10-11-20-18(23)14-6-8-16(9-7-14)21(25)26/h1-9H,10-13H2,(H,20,23). The molecular formula is C19H18N2O7. The van der Waals surface area contributed by atoms with Crippen LogP contribution < -0.4 is 5.32 Å². The van der Waals surface area contributed by atoms with Crippen molar-refractivity contribution in [2.75, 3.05) is 19.8 Å². The van der Waals surface area contributed by atoms with Gasteiger partial charge >= 0.3 is 11.9 Å². The van der Waals surface area contributed by atoms with Gasteiger partial charge in [-0.3, -0.25) is 19.7 Å². The molecule has 0 aliphatic heterocycles. The number of nitrogens with one attached hydrogen (secondary N) is 1.